The summed E-state index contributed by atoms with van der Waals surface area (Å²) in [7, 11) is 0. The zero-order valence-electron chi connectivity index (χ0n) is 19.5. The molecule has 0 saturated carbocycles. The molecule has 8 heteroatoms. The molecule has 2 aromatic carbocycles. The average molecular weight is 486 g/mol. The number of carbonyl (C=O) groups excluding carboxylic acids is 2. The van der Waals surface area contributed by atoms with E-state index in [-0.39, 0.29) is 11.3 Å². The Morgan fingerprint density at radius 3 is 2.53 bits per heavy atom. The lowest BCUT2D eigenvalue weighted by Crippen LogP contribution is -3.14. The number of morpholine rings is 1. The average Bonchev–Trinajstić information content (AvgIpc) is 3.08. The molecule has 2 aliphatic rings. The number of halogens is 1. The molecule has 2 aromatic rings. The number of aliphatic hydroxyl groups is 1. The number of ketones is 1. The Kier molecular flexibility index (Phi) is 7.56. The van der Waals surface area contributed by atoms with Gasteiger partial charge in [0.25, 0.3) is 11.7 Å². The molecule has 0 aliphatic carbocycles. The summed E-state index contributed by atoms with van der Waals surface area (Å²) in [6.07, 6.45) is 0. The van der Waals surface area contributed by atoms with Gasteiger partial charge >= 0.3 is 0 Å². The van der Waals surface area contributed by atoms with Crippen molar-refractivity contribution >= 4 is 29.1 Å². The molecule has 2 fully saturated rings. The number of likely N-dealkylation sites (tertiary alicyclic amines) is 1. The van der Waals surface area contributed by atoms with Crippen LogP contribution in [0.25, 0.3) is 5.76 Å². The molecule has 7 nitrogen and oxygen atoms in total. The van der Waals surface area contributed by atoms with E-state index in [1.54, 1.807) is 41.3 Å². The molecule has 1 atom stereocenters. The molecule has 1 amide bonds. The highest BCUT2D eigenvalue weighted by atomic mass is 35.5. The van der Waals surface area contributed by atoms with Gasteiger partial charge in [-0.1, -0.05) is 23.7 Å². The van der Waals surface area contributed by atoms with Crippen LogP contribution < -0.4 is 9.64 Å². The van der Waals surface area contributed by atoms with Crippen molar-refractivity contribution in [3.63, 3.8) is 0 Å². The van der Waals surface area contributed by atoms with Crippen molar-refractivity contribution in [3.05, 3.63) is 69.8 Å². The van der Waals surface area contributed by atoms with Gasteiger partial charge in [-0.25, -0.2) is 0 Å². The van der Waals surface area contributed by atoms with E-state index >= 15 is 0 Å². The van der Waals surface area contributed by atoms with Gasteiger partial charge in [0, 0.05) is 10.6 Å². The molecule has 0 bridgehead atoms. The van der Waals surface area contributed by atoms with Gasteiger partial charge in [0.15, 0.2) is 0 Å². The van der Waals surface area contributed by atoms with Crippen LogP contribution in [0.5, 0.6) is 5.75 Å². The molecular formula is C26H30ClN2O5+. The topological polar surface area (TPSA) is 80.5 Å². The Labute approximate surface area is 204 Å². The smallest absolute Gasteiger partial charge is 0.295 e. The number of quaternary nitrogens is 1. The first kappa shape index (κ1) is 24.3. The molecule has 2 saturated heterocycles. The zero-order valence-corrected chi connectivity index (χ0v) is 20.2. The fourth-order valence-corrected chi connectivity index (χ4v) is 4.72. The molecule has 2 heterocycles. The summed E-state index contributed by atoms with van der Waals surface area (Å²) < 4.78 is 11.0. The second kappa shape index (κ2) is 10.6. The molecule has 2 aliphatic heterocycles. The number of benzene rings is 2. The van der Waals surface area contributed by atoms with Crippen LogP contribution >= 0.6 is 11.6 Å². The first-order chi connectivity index (χ1) is 16.4. The summed E-state index contributed by atoms with van der Waals surface area (Å²) in [5.41, 5.74) is 2.07. The Bertz CT molecular complexity index is 1090. The fourth-order valence-electron chi connectivity index (χ4n) is 4.59. The minimum atomic E-state index is -0.691. The number of aryl methyl sites for hydroxylation is 1. The lowest BCUT2D eigenvalue weighted by Gasteiger charge is -2.29. The van der Waals surface area contributed by atoms with Crippen LogP contribution in [0.4, 0.5) is 0 Å². The first-order valence-corrected chi connectivity index (χ1v) is 12.0. The second-order valence-electron chi connectivity index (χ2n) is 8.57. The summed E-state index contributed by atoms with van der Waals surface area (Å²) in [4.78, 5) is 29.3. The van der Waals surface area contributed by atoms with Gasteiger partial charge in [-0.2, -0.15) is 0 Å². The van der Waals surface area contributed by atoms with E-state index < -0.39 is 17.7 Å². The van der Waals surface area contributed by atoms with Crippen LogP contribution in [0.2, 0.25) is 5.02 Å². The molecule has 34 heavy (non-hydrogen) atoms. The van der Waals surface area contributed by atoms with Gasteiger partial charge in [0.1, 0.15) is 24.6 Å². The fraction of sp³-hybridized carbons (Fsp3) is 0.385. The van der Waals surface area contributed by atoms with Crippen LogP contribution in [0.15, 0.2) is 48.0 Å². The summed E-state index contributed by atoms with van der Waals surface area (Å²) in [6.45, 7) is 8.45. The third kappa shape index (κ3) is 4.97. The standard InChI is InChI=1S/C26H29ClN2O5/c1-3-34-20-8-9-21(17(2)16-20)24(30)22-23(18-4-6-19(27)7-5-18)29(26(32)25(22)31)11-10-28-12-14-33-15-13-28/h4-9,16,23,30H,3,10-15H2,1-2H3/p+1. The van der Waals surface area contributed by atoms with Crippen LogP contribution in [0.1, 0.15) is 29.7 Å². The molecular weight excluding hydrogens is 456 g/mol. The Morgan fingerprint density at radius 1 is 1.18 bits per heavy atom. The van der Waals surface area contributed by atoms with E-state index in [1.165, 1.54) is 4.90 Å². The number of nitrogens with zero attached hydrogens (tertiary/aromatic N) is 1. The highest BCUT2D eigenvalue weighted by Gasteiger charge is 2.46. The van der Waals surface area contributed by atoms with E-state index in [0.29, 0.717) is 49.2 Å². The molecule has 0 spiro atoms. The minimum absolute atomic E-state index is 0.0940. The molecule has 180 valence electrons. The van der Waals surface area contributed by atoms with E-state index in [9.17, 15) is 14.7 Å². The molecule has 1 unspecified atom stereocenters. The molecule has 2 N–H and O–H groups in total. The first-order valence-electron chi connectivity index (χ1n) is 11.6. The van der Waals surface area contributed by atoms with Gasteiger partial charge in [-0.05, 0) is 55.3 Å². The summed E-state index contributed by atoms with van der Waals surface area (Å²) in [5, 5.41) is 11.9. The maximum Gasteiger partial charge on any atom is 0.295 e. The van der Waals surface area contributed by atoms with Gasteiger partial charge < -0.3 is 24.4 Å². The summed E-state index contributed by atoms with van der Waals surface area (Å²) in [5.74, 6) is -0.778. The number of Topliss-reactive ketones (excluding diaryl/α,β-unsaturated/α-hetero) is 1. The van der Waals surface area contributed by atoms with Crippen LogP contribution in [0.3, 0.4) is 0 Å². The van der Waals surface area contributed by atoms with Crippen molar-refractivity contribution in [1.29, 1.82) is 0 Å². The number of carbonyl (C=O) groups is 2. The number of rotatable bonds is 7. The lowest BCUT2D eigenvalue weighted by atomic mass is 9.94. The highest BCUT2D eigenvalue weighted by Crippen LogP contribution is 2.40. The Morgan fingerprint density at radius 2 is 1.88 bits per heavy atom. The van der Waals surface area contributed by atoms with Gasteiger partial charge in [0.2, 0.25) is 0 Å². The summed E-state index contributed by atoms with van der Waals surface area (Å²) >= 11 is 6.09. The number of nitrogens with one attached hydrogen (secondary N) is 1. The SMILES string of the molecule is CCOc1ccc(C(O)=C2C(=O)C(=O)N(CC[NH+]3CCOCC3)C2c2ccc(Cl)cc2)c(C)c1. The highest BCUT2D eigenvalue weighted by molar-refractivity contribution is 6.46. The third-order valence-corrected chi connectivity index (χ3v) is 6.65. The molecule has 0 aromatic heterocycles. The van der Waals surface area contributed by atoms with E-state index in [0.717, 1.165) is 24.2 Å². The quantitative estimate of drug-likeness (QED) is 0.357. The van der Waals surface area contributed by atoms with E-state index in [2.05, 4.69) is 0 Å². The van der Waals surface area contributed by atoms with E-state index in [4.69, 9.17) is 21.1 Å². The van der Waals surface area contributed by atoms with Gasteiger partial charge in [0.05, 0.1) is 44.5 Å². The van der Waals surface area contributed by atoms with Crippen LogP contribution in [0, 0.1) is 6.92 Å². The monoisotopic (exact) mass is 485 g/mol. The summed E-state index contributed by atoms with van der Waals surface area (Å²) in [6, 6.07) is 11.6. The molecule has 0 radical (unpaired) electrons. The van der Waals surface area contributed by atoms with Crippen molar-refractivity contribution < 1.29 is 29.1 Å². The van der Waals surface area contributed by atoms with Crippen molar-refractivity contribution in [2.75, 3.05) is 46.0 Å². The van der Waals surface area contributed by atoms with Crippen molar-refractivity contribution in [2.45, 2.75) is 19.9 Å². The second-order valence-corrected chi connectivity index (χ2v) is 9.00. The third-order valence-electron chi connectivity index (χ3n) is 6.40. The zero-order chi connectivity index (χ0) is 24.2. The van der Waals surface area contributed by atoms with Crippen LogP contribution in [-0.2, 0) is 14.3 Å². The van der Waals surface area contributed by atoms with Crippen molar-refractivity contribution in [1.82, 2.24) is 4.90 Å². The number of hydrogen-bond donors (Lipinski definition) is 2. The van der Waals surface area contributed by atoms with Crippen LogP contribution in [-0.4, -0.2) is 67.7 Å². The Balaban J connectivity index is 1.74. The minimum Gasteiger partial charge on any atom is -0.507 e. The lowest BCUT2D eigenvalue weighted by molar-refractivity contribution is -0.907. The maximum absolute atomic E-state index is 13.2. The van der Waals surface area contributed by atoms with Gasteiger partial charge in [-0.3, -0.25) is 9.59 Å². The van der Waals surface area contributed by atoms with Gasteiger partial charge in [-0.15, -0.1) is 0 Å². The number of ether oxygens (including phenoxy) is 2. The predicted molar refractivity (Wildman–Crippen MR) is 129 cm³/mol. The molecule has 4 rings (SSSR count). The number of hydrogen-bond acceptors (Lipinski definition) is 5. The number of aliphatic hydroxyl groups excluding tert-OH is 1. The largest absolute Gasteiger partial charge is 0.507 e. The predicted octanol–water partition coefficient (Wildman–Crippen LogP) is 2.38. The maximum atomic E-state index is 13.2. The van der Waals surface area contributed by atoms with Crippen molar-refractivity contribution in [2.24, 2.45) is 0 Å². The van der Waals surface area contributed by atoms with Crippen molar-refractivity contribution in [3.8, 4) is 5.75 Å². The normalized spacial score (nSPS) is 20.7. The number of amides is 1. The Hall–Kier alpha value is -2.87. The van der Waals surface area contributed by atoms with E-state index in [1.807, 2.05) is 19.9 Å².